The summed E-state index contributed by atoms with van der Waals surface area (Å²) >= 11 is 4.77. The lowest BCUT2D eigenvalue weighted by atomic mass is 10.1. The third-order valence-electron chi connectivity index (χ3n) is 3.92. The van der Waals surface area contributed by atoms with Crippen LogP contribution in [-0.4, -0.2) is 33.3 Å². The van der Waals surface area contributed by atoms with Crippen molar-refractivity contribution < 1.29 is 9.66 Å². The highest BCUT2D eigenvalue weighted by Gasteiger charge is 2.24. The summed E-state index contributed by atoms with van der Waals surface area (Å²) in [5, 5.41) is 19.8. The second kappa shape index (κ2) is 8.53. The van der Waals surface area contributed by atoms with Gasteiger partial charge >= 0.3 is 0 Å². The van der Waals surface area contributed by atoms with Crippen molar-refractivity contribution >= 4 is 27.7 Å². The number of aromatic nitrogens is 3. The molecule has 0 aliphatic rings. The van der Waals surface area contributed by atoms with E-state index >= 15 is 0 Å². The van der Waals surface area contributed by atoms with Crippen LogP contribution < -0.4 is 4.74 Å². The first-order valence-corrected chi connectivity index (χ1v) is 9.76. The van der Waals surface area contributed by atoms with Crippen LogP contribution in [-0.2, 0) is 0 Å². The fraction of sp³-hybridized carbons (Fsp3) is 0.222. The molecule has 9 heteroatoms. The van der Waals surface area contributed by atoms with Crippen LogP contribution in [0.25, 0.3) is 5.69 Å². The van der Waals surface area contributed by atoms with Crippen molar-refractivity contribution in [2.75, 3.05) is 13.7 Å². The Labute approximate surface area is 169 Å². The number of nitro groups is 1. The smallest absolute Gasteiger partial charge is 0.220 e. The Balaban J connectivity index is 1.97. The first-order chi connectivity index (χ1) is 13.0. The SMILES string of the molecule is COc1ccc([C@@H](C[N+](=O)[O-])Sc2nnc(C)n2-c2ccccc2)cc1Br. The summed E-state index contributed by atoms with van der Waals surface area (Å²) in [6.07, 6.45) is 0. The van der Waals surface area contributed by atoms with Crippen molar-refractivity contribution in [1.82, 2.24) is 14.8 Å². The molecule has 1 heterocycles. The number of aryl methyl sites for hydroxylation is 1. The van der Waals surface area contributed by atoms with Crippen LogP contribution >= 0.6 is 27.7 Å². The number of nitrogens with zero attached hydrogens (tertiary/aromatic N) is 4. The minimum Gasteiger partial charge on any atom is -0.496 e. The highest BCUT2D eigenvalue weighted by atomic mass is 79.9. The predicted octanol–water partition coefficient (Wildman–Crippen LogP) is 4.46. The van der Waals surface area contributed by atoms with Gasteiger partial charge < -0.3 is 4.74 Å². The normalized spacial score (nSPS) is 12.0. The lowest BCUT2D eigenvalue weighted by Gasteiger charge is -2.15. The number of hydrogen-bond donors (Lipinski definition) is 0. The summed E-state index contributed by atoms with van der Waals surface area (Å²) in [7, 11) is 1.58. The molecule has 27 heavy (non-hydrogen) atoms. The summed E-state index contributed by atoms with van der Waals surface area (Å²) in [6.45, 7) is 1.63. The van der Waals surface area contributed by atoms with Crippen LogP contribution in [0.4, 0.5) is 0 Å². The fourth-order valence-electron chi connectivity index (χ4n) is 2.65. The van der Waals surface area contributed by atoms with Crippen molar-refractivity contribution in [2.24, 2.45) is 0 Å². The molecule has 3 aromatic rings. The average Bonchev–Trinajstić information content (AvgIpc) is 3.01. The Morgan fingerprint density at radius 2 is 2.00 bits per heavy atom. The van der Waals surface area contributed by atoms with E-state index < -0.39 is 5.25 Å². The number of methoxy groups -OCH3 is 1. The van der Waals surface area contributed by atoms with Crippen LogP contribution in [0, 0.1) is 17.0 Å². The quantitative estimate of drug-likeness (QED) is 0.301. The van der Waals surface area contributed by atoms with E-state index in [1.54, 1.807) is 13.2 Å². The van der Waals surface area contributed by atoms with Gasteiger partial charge in [-0.1, -0.05) is 36.0 Å². The molecule has 0 saturated heterocycles. The second-order valence-electron chi connectivity index (χ2n) is 5.72. The molecule has 0 saturated carbocycles. The average molecular weight is 449 g/mol. The van der Waals surface area contributed by atoms with Gasteiger partial charge in [0.2, 0.25) is 6.54 Å². The van der Waals surface area contributed by atoms with E-state index in [-0.39, 0.29) is 11.5 Å². The molecule has 0 N–H and O–H groups in total. The summed E-state index contributed by atoms with van der Waals surface area (Å²) in [5.41, 5.74) is 1.72. The van der Waals surface area contributed by atoms with E-state index in [0.717, 1.165) is 21.5 Å². The zero-order valence-electron chi connectivity index (χ0n) is 14.7. The van der Waals surface area contributed by atoms with Crippen LogP contribution in [0.3, 0.4) is 0 Å². The molecule has 0 spiro atoms. The van der Waals surface area contributed by atoms with Crippen molar-refractivity contribution in [3.05, 3.63) is 74.5 Å². The van der Waals surface area contributed by atoms with Gasteiger partial charge in [0.15, 0.2) is 5.16 Å². The number of benzene rings is 2. The number of halogens is 1. The van der Waals surface area contributed by atoms with Crippen molar-refractivity contribution in [3.8, 4) is 11.4 Å². The van der Waals surface area contributed by atoms with Crippen molar-refractivity contribution in [1.29, 1.82) is 0 Å². The van der Waals surface area contributed by atoms with E-state index in [4.69, 9.17) is 4.74 Å². The van der Waals surface area contributed by atoms with Gasteiger partial charge in [0.05, 0.1) is 11.6 Å². The molecule has 0 amide bonds. The minimum absolute atomic E-state index is 0.232. The van der Waals surface area contributed by atoms with Crippen LogP contribution in [0.5, 0.6) is 5.75 Å². The van der Waals surface area contributed by atoms with Crippen LogP contribution in [0.15, 0.2) is 58.2 Å². The predicted molar refractivity (Wildman–Crippen MR) is 107 cm³/mol. The monoisotopic (exact) mass is 448 g/mol. The van der Waals surface area contributed by atoms with E-state index in [9.17, 15) is 10.1 Å². The molecular formula is C18H17BrN4O3S. The Kier molecular flexibility index (Phi) is 6.12. The molecule has 140 valence electrons. The third-order valence-corrected chi connectivity index (χ3v) is 5.72. The molecule has 2 aromatic carbocycles. The van der Waals surface area contributed by atoms with Gasteiger partial charge in [0.1, 0.15) is 16.8 Å². The maximum absolute atomic E-state index is 11.3. The molecular weight excluding hydrogens is 432 g/mol. The molecule has 0 aliphatic carbocycles. The molecule has 1 aromatic heterocycles. The van der Waals surface area contributed by atoms with Gasteiger partial charge in [0, 0.05) is 10.6 Å². The Hall–Kier alpha value is -2.39. The van der Waals surface area contributed by atoms with Gasteiger partial charge in [-0.05, 0) is 52.7 Å². The van der Waals surface area contributed by atoms with E-state index in [2.05, 4.69) is 26.1 Å². The van der Waals surface area contributed by atoms with Gasteiger partial charge in [-0.25, -0.2) is 0 Å². The zero-order valence-corrected chi connectivity index (χ0v) is 17.1. The Morgan fingerprint density at radius 3 is 2.63 bits per heavy atom. The summed E-state index contributed by atoms with van der Waals surface area (Å²) in [6, 6.07) is 15.2. The van der Waals surface area contributed by atoms with E-state index in [1.165, 1.54) is 11.8 Å². The standard InChI is InChI=1S/C18H17BrN4O3S/c1-12-20-21-18(23(12)14-6-4-3-5-7-14)27-17(11-22(24)25)13-8-9-16(26-2)15(19)10-13/h3-10,17H,11H2,1-2H3/t17-/m1/s1. The molecule has 3 rings (SSSR count). The Bertz CT molecular complexity index is 949. The fourth-order valence-corrected chi connectivity index (χ4v) is 4.37. The van der Waals surface area contributed by atoms with Crippen molar-refractivity contribution in [2.45, 2.75) is 17.3 Å². The second-order valence-corrected chi connectivity index (χ2v) is 7.74. The van der Waals surface area contributed by atoms with Gasteiger partial charge in [-0.15, -0.1) is 10.2 Å². The minimum atomic E-state index is -0.423. The number of thioether (sulfide) groups is 1. The zero-order chi connectivity index (χ0) is 19.4. The number of rotatable bonds is 7. The van der Waals surface area contributed by atoms with Gasteiger partial charge in [-0.3, -0.25) is 14.7 Å². The number of hydrogen-bond acceptors (Lipinski definition) is 6. The van der Waals surface area contributed by atoms with E-state index in [0.29, 0.717) is 10.9 Å². The molecule has 1 atom stereocenters. The summed E-state index contributed by atoms with van der Waals surface area (Å²) in [4.78, 5) is 10.9. The van der Waals surface area contributed by atoms with Crippen LogP contribution in [0.1, 0.15) is 16.6 Å². The lowest BCUT2D eigenvalue weighted by molar-refractivity contribution is -0.479. The van der Waals surface area contributed by atoms with E-state index in [1.807, 2.05) is 54.0 Å². The third kappa shape index (κ3) is 4.48. The largest absolute Gasteiger partial charge is 0.496 e. The summed E-state index contributed by atoms with van der Waals surface area (Å²) in [5.74, 6) is 1.39. The van der Waals surface area contributed by atoms with Crippen molar-refractivity contribution in [3.63, 3.8) is 0 Å². The highest BCUT2D eigenvalue weighted by Crippen LogP contribution is 2.38. The molecule has 0 radical (unpaired) electrons. The van der Waals surface area contributed by atoms with Crippen LogP contribution in [0.2, 0.25) is 0 Å². The molecule has 7 nitrogen and oxygen atoms in total. The Morgan fingerprint density at radius 1 is 1.26 bits per heavy atom. The van der Waals surface area contributed by atoms with Gasteiger partial charge in [-0.2, -0.15) is 0 Å². The van der Waals surface area contributed by atoms with Gasteiger partial charge in [0.25, 0.3) is 0 Å². The number of ether oxygens (including phenoxy) is 1. The lowest BCUT2D eigenvalue weighted by Crippen LogP contribution is -2.11. The maximum Gasteiger partial charge on any atom is 0.220 e. The number of para-hydroxylation sites is 1. The summed E-state index contributed by atoms with van der Waals surface area (Å²) < 4.78 is 7.89. The maximum atomic E-state index is 11.3. The molecule has 0 unspecified atom stereocenters. The molecule has 0 aliphatic heterocycles. The topological polar surface area (TPSA) is 83.1 Å². The highest BCUT2D eigenvalue weighted by molar-refractivity contribution is 9.10. The molecule has 0 fully saturated rings. The first-order valence-electron chi connectivity index (χ1n) is 8.09. The molecule has 0 bridgehead atoms. The first kappa shape index (κ1) is 19.4.